The van der Waals surface area contributed by atoms with Gasteiger partial charge in [-0.15, -0.1) is 0 Å². The second-order valence-electron chi connectivity index (χ2n) is 5.82. The average molecular weight is 326 g/mol. The number of hydrogen-bond acceptors (Lipinski definition) is 4. The van der Waals surface area contributed by atoms with Crippen molar-refractivity contribution in [3.05, 3.63) is 47.3 Å². The molecular formula is C19H26N4O. The quantitative estimate of drug-likeness (QED) is 0.719. The second-order valence-corrected chi connectivity index (χ2v) is 5.82. The van der Waals surface area contributed by atoms with Crippen molar-refractivity contribution in [2.24, 2.45) is 0 Å². The summed E-state index contributed by atoms with van der Waals surface area (Å²) in [4.78, 5) is 20.8. The first-order valence-electron chi connectivity index (χ1n) is 8.62. The van der Waals surface area contributed by atoms with Crippen molar-refractivity contribution in [2.45, 2.75) is 46.5 Å². The summed E-state index contributed by atoms with van der Waals surface area (Å²) < 4.78 is 0. The summed E-state index contributed by atoms with van der Waals surface area (Å²) >= 11 is 0. The van der Waals surface area contributed by atoms with E-state index in [9.17, 15) is 4.79 Å². The minimum Gasteiger partial charge on any atom is -0.351 e. The molecule has 2 N–H and O–H groups in total. The Balaban J connectivity index is 2.09. The van der Waals surface area contributed by atoms with Crippen LogP contribution >= 0.6 is 0 Å². The molecule has 0 atom stereocenters. The van der Waals surface area contributed by atoms with Gasteiger partial charge in [0.25, 0.3) is 5.91 Å². The van der Waals surface area contributed by atoms with Crippen LogP contribution in [0.4, 0.5) is 11.6 Å². The maximum Gasteiger partial charge on any atom is 0.270 e. The Kier molecular flexibility index (Phi) is 6.73. The minimum absolute atomic E-state index is 0.156. The molecular weight excluding hydrogens is 300 g/mol. The zero-order valence-corrected chi connectivity index (χ0v) is 14.7. The monoisotopic (exact) mass is 326 g/mol. The van der Waals surface area contributed by atoms with Gasteiger partial charge in [-0.1, -0.05) is 44.9 Å². The summed E-state index contributed by atoms with van der Waals surface area (Å²) in [7, 11) is 0. The van der Waals surface area contributed by atoms with E-state index in [-0.39, 0.29) is 5.91 Å². The Morgan fingerprint density at radius 3 is 2.75 bits per heavy atom. The number of hydrogen-bond donors (Lipinski definition) is 2. The van der Waals surface area contributed by atoms with Crippen LogP contribution in [0.3, 0.4) is 0 Å². The van der Waals surface area contributed by atoms with Crippen molar-refractivity contribution in [1.82, 2.24) is 15.3 Å². The van der Waals surface area contributed by atoms with Gasteiger partial charge in [0.1, 0.15) is 5.69 Å². The number of carbonyl (C=O) groups is 1. The largest absolute Gasteiger partial charge is 0.351 e. The number of rotatable bonds is 8. The number of nitrogens with zero attached hydrogens (tertiary/aromatic N) is 2. The summed E-state index contributed by atoms with van der Waals surface area (Å²) in [6, 6.07) is 7.81. The van der Waals surface area contributed by atoms with Crippen LogP contribution in [0.2, 0.25) is 0 Å². The summed E-state index contributed by atoms with van der Waals surface area (Å²) in [6.07, 6.45) is 5.76. The van der Waals surface area contributed by atoms with Crippen LogP contribution in [-0.2, 0) is 6.42 Å². The zero-order valence-electron chi connectivity index (χ0n) is 14.7. The van der Waals surface area contributed by atoms with E-state index in [1.165, 1.54) is 5.56 Å². The number of aromatic nitrogens is 2. The van der Waals surface area contributed by atoms with E-state index in [1.54, 1.807) is 12.3 Å². The molecule has 0 unspecified atom stereocenters. The van der Waals surface area contributed by atoms with E-state index in [4.69, 9.17) is 0 Å². The first-order chi connectivity index (χ1) is 11.7. The van der Waals surface area contributed by atoms with Crippen molar-refractivity contribution in [1.29, 1.82) is 0 Å². The molecule has 1 aromatic carbocycles. The fourth-order valence-corrected chi connectivity index (χ4v) is 2.53. The molecule has 2 aromatic rings. The van der Waals surface area contributed by atoms with Crippen molar-refractivity contribution >= 4 is 17.5 Å². The Morgan fingerprint density at radius 1 is 1.17 bits per heavy atom. The van der Waals surface area contributed by atoms with Crippen molar-refractivity contribution in [2.75, 3.05) is 11.9 Å². The Hall–Kier alpha value is -2.43. The van der Waals surface area contributed by atoms with E-state index >= 15 is 0 Å². The van der Waals surface area contributed by atoms with Crippen LogP contribution < -0.4 is 10.6 Å². The SMILES string of the molecule is CCCCCNC(=O)c1ccnc(Nc2c(C)cccc2CC)n1. The molecule has 1 amide bonds. The maximum absolute atomic E-state index is 12.2. The number of nitrogens with one attached hydrogen (secondary N) is 2. The van der Waals surface area contributed by atoms with Gasteiger partial charge in [0.15, 0.2) is 0 Å². The van der Waals surface area contributed by atoms with E-state index in [0.29, 0.717) is 18.2 Å². The third kappa shape index (κ3) is 4.78. The maximum atomic E-state index is 12.2. The van der Waals surface area contributed by atoms with Gasteiger partial charge in [-0.3, -0.25) is 4.79 Å². The van der Waals surface area contributed by atoms with Crippen molar-refractivity contribution in [3.63, 3.8) is 0 Å². The molecule has 0 spiro atoms. The number of unbranched alkanes of at least 4 members (excludes halogenated alkanes) is 2. The van der Waals surface area contributed by atoms with Gasteiger partial charge in [-0.25, -0.2) is 9.97 Å². The molecule has 128 valence electrons. The third-order valence-electron chi connectivity index (χ3n) is 3.93. The highest BCUT2D eigenvalue weighted by Crippen LogP contribution is 2.23. The molecule has 0 aliphatic carbocycles. The van der Waals surface area contributed by atoms with Gasteiger partial charge in [-0.05, 0) is 37.0 Å². The molecule has 1 aromatic heterocycles. The fourth-order valence-electron chi connectivity index (χ4n) is 2.53. The molecule has 1 heterocycles. The highest BCUT2D eigenvalue weighted by atomic mass is 16.1. The van der Waals surface area contributed by atoms with Crippen LogP contribution in [0, 0.1) is 6.92 Å². The van der Waals surface area contributed by atoms with Crippen LogP contribution in [0.1, 0.15) is 54.7 Å². The molecule has 5 heteroatoms. The zero-order chi connectivity index (χ0) is 17.4. The molecule has 0 saturated heterocycles. The lowest BCUT2D eigenvalue weighted by atomic mass is 10.1. The molecule has 0 aliphatic rings. The average Bonchev–Trinajstić information content (AvgIpc) is 2.60. The minimum atomic E-state index is -0.156. The summed E-state index contributed by atoms with van der Waals surface area (Å²) in [5.74, 6) is 0.289. The van der Waals surface area contributed by atoms with Gasteiger partial charge in [0, 0.05) is 18.4 Å². The van der Waals surface area contributed by atoms with Crippen LogP contribution in [0.5, 0.6) is 0 Å². The molecule has 0 fully saturated rings. The standard InChI is InChI=1S/C19H26N4O/c1-4-6-7-12-20-18(24)16-11-13-21-19(22-16)23-17-14(3)9-8-10-15(17)5-2/h8-11,13H,4-7,12H2,1-3H3,(H,20,24)(H,21,22,23). The van der Waals surface area contributed by atoms with E-state index in [1.807, 2.05) is 19.1 Å². The van der Waals surface area contributed by atoms with Gasteiger partial charge >= 0.3 is 0 Å². The number of amides is 1. The first kappa shape index (κ1) is 17.9. The van der Waals surface area contributed by atoms with Gasteiger partial charge in [0.2, 0.25) is 5.95 Å². The topological polar surface area (TPSA) is 66.9 Å². The Morgan fingerprint density at radius 2 is 2.00 bits per heavy atom. The molecule has 24 heavy (non-hydrogen) atoms. The molecule has 0 radical (unpaired) electrons. The van der Waals surface area contributed by atoms with Gasteiger partial charge in [-0.2, -0.15) is 0 Å². The number of anilines is 2. The van der Waals surface area contributed by atoms with E-state index < -0.39 is 0 Å². The van der Waals surface area contributed by atoms with Gasteiger partial charge < -0.3 is 10.6 Å². The number of para-hydroxylation sites is 1. The van der Waals surface area contributed by atoms with Crippen LogP contribution in [0.15, 0.2) is 30.5 Å². The van der Waals surface area contributed by atoms with E-state index in [0.717, 1.165) is 36.9 Å². The molecule has 0 saturated carbocycles. The highest BCUT2D eigenvalue weighted by molar-refractivity contribution is 5.92. The van der Waals surface area contributed by atoms with Crippen molar-refractivity contribution in [3.8, 4) is 0 Å². The highest BCUT2D eigenvalue weighted by Gasteiger charge is 2.10. The lowest BCUT2D eigenvalue weighted by molar-refractivity contribution is 0.0948. The predicted octanol–water partition coefficient (Wildman–Crippen LogP) is 4.01. The fraction of sp³-hybridized carbons (Fsp3) is 0.421. The normalized spacial score (nSPS) is 10.5. The summed E-state index contributed by atoms with van der Waals surface area (Å²) in [6.45, 7) is 6.98. The lowest BCUT2D eigenvalue weighted by Gasteiger charge is -2.13. The first-order valence-corrected chi connectivity index (χ1v) is 8.62. The van der Waals surface area contributed by atoms with Crippen LogP contribution in [-0.4, -0.2) is 22.4 Å². The third-order valence-corrected chi connectivity index (χ3v) is 3.93. The van der Waals surface area contributed by atoms with Crippen molar-refractivity contribution < 1.29 is 4.79 Å². The Labute approximate surface area is 143 Å². The molecule has 5 nitrogen and oxygen atoms in total. The predicted molar refractivity (Wildman–Crippen MR) is 97.7 cm³/mol. The number of carbonyl (C=O) groups excluding carboxylic acids is 1. The van der Waals surface area contributed by atoms with Gasteiger partial charge in [0.05, 0.1) is 0 Å². The van der Waals surface area contributed by atoms with E-state index in [2.05, 4.69) is 40.5 Å². The van der Waals surface area contributed by atoms with Crippen LogP contribution in [0.25, 0.3) is 0 Å². The smallest absolute Gasteiger partial charge is 0.270 e. The molecule has 0 aliphatic heterocycles. The number of aryl methyl sites for hydroxylation is 2. The summed E-state index contributed by atoms with van der Waals surface area (Å²) in [5, 5.41) is 6.16. The second kappa shape index (κ2) is 9.01. The molecule has 2 rings (SSSR count). The molecule has 0 bridgehead atoms. The summed E-state index contributed by atoms with van der Waals surface area (Å²) in [5.41, 5.74) is 3.73. The number of benzene rings is 1. The lowest BCUT2D eigenvalue weighted by Crippen LogP contribution is -2.25. The Bertz CT molecular complexity index is 685.